The Morgan fingerprint density at radius 3 is 2.67 bits per heavy atom. The monoisotopic (exact) mass is 168 g/mol. The van der Waals surface area contributed by atoms with Gasteiger partial charge < -0.3 is 9.90 Å². The maximum atomic E-state index is 10.6. The van der Waals surface area contributed by atoms with Crippen molar-refractivity contribution in [2.45, 2.75) is 33.6 Å². The molecule has 0 amide bonds. The van der Waals surface area contributed by atoms with Gasteiger partial charge in [0.25, 0.3) is 0 Å². The zero-order valence-electron chi connectivity index (χ0n) is 7.92. The summed E-state index contributed by atoms with van der Waals surface area (Å²) >= 11 is 0. The molecule has 0 saturated carbocycles. The van der Waals surface area contributed by atoms with Gasteiger partial charge in [-0.25, -0.2) is 0 Å². The third kappa shape index (κ3) is 1.68. The van der Waals surface area contributed by atoms with Crippen LogP contribution in [0.2, 0.25) is 0 Å². The molecule has 0 aromatic carbocycles. The topological polar surface area (TPSA) is 37.3 Å². The molecule has 1 N–H and O–H groups in total. The van der Waals surface area contributed by atoms with E-state index in [4.69, 9.17) is 0 Å². The fourth-order valence-corrected chi connectivity index (χ4v) is 2.00. The normalized spacial score (nSPS) is 28.8. The number of aldehydes is 1. The summed E-state index contributed by atoms with van der Waals surface area (Å²) in [7, 11) is 0. The van der Waals surface area contributed by atoms with Crippen LogP contribution in [0.5, 0.6) is 0 Å². The molecule has 0 spiro atoms. The minimum atomic E-state index is -0.270. The smallest absolute Gasteiger partial charge is 0.130 e. The van der Waals surface area contributed by atoms with Crippen LogP contribution in [0.15, 0.2) is 11.3 Å². The second-order valence-corrected chi connectivity index (χ2v) is 4.45. The summed E-state index contributed by atoms with van der Waals surface area (Å²) < 4.78 is 0. The number of hydrogen-bond acceptors (Lipinski definition) is 2. The standard InChI is InChI=1S/C10H16O2/c1-7-4-10(2,3)5-8(6-11)9(7)12/h6,8,12H,4-5H2,1-3H3. The fraction of sp³-hybridized carbons (Fsp3) is 0.700. The number of allylic oxidation sites excluding steroid dienone is 2. The maximum absolute atomic E-state index is 10.6. The van der Waals surface area contributed by atoms with Crippen LogP contribution < -0.4 is 0 Å². The Balaban J connectivity index is 2.93. The summed E-state index contributed by atoms with van der Waals surface area (Å²) in [5, 5.41) is 9.52. The molecule has 0 fully saturated rings. The summed E-state index contributed by atoms with van der Waals surface area (Å²) in [6.07, 6.45) is 2.50. The van der Waals surface area contributed by atoms with Crippen LogP contribution in [-0.2, 0) is 4.79 Å². The molecular formula is C10H16O2. The van der Waals surface area contributed by atoms with Crippen molar-refractivity contribution in [3.63, 3.8) is 0 Å². The Labute approximate surface area is 73.3 Å². The second-order valence-electron chi connectivity index (χ2n) is 4.45. The highest BCUT2D eigenvalue weighted by molar-refractivity contribution is 5.59. The first-order chi connectivity index (χ1) is 5.46. The van der Waals surface area contributed by atoms with Gasteiger partial charge in [-0.05, 0) is 30.8 Å². The van der Waals surface area contributed by atoms with Crippen LogP contribution in [0.25, 0.3) is 0 Å². The Morgan fingerprint density at radius 2 is 2.17 bits per heavy atom. The highest BCUT2D eigenvalue weighted by Gasteiger charge is 2.32. The largest absolute Gasteiger partial charge is 0.512 e. The quantitative estimate of drug-likeness (QED) is 0.610. The molecule has 1 atom stereocenters. The van der Waals surface area contributed by atoms with E-state index in [1.54, 1.807) is 0 Å². The van der Waals surface area contributed by atoms with Crippen molar-refractivity contribution in [3.05, 3.63) is 11.3 Å². The van der Waals surface area contributed by atoms with Gasteiger partial charge in [-0.3, -0.25) is 0 Å². The Morgan fingerprint density at radius 1 is 1.58 bits per heavy atom. The van der Waals surface area contributed by atoms with E-state index >= 15 is 0 Å². The van der Waals surface area contributed by atoms with Crippen LogP contribution in [0.4, 0.5) is 0 Å². The highest BCUT2D eigenvalue weighted by Crippen LogP contribution is 2.39. The summed E-state index contributed by atoms with van der Waals surface area (Å²) in [5.41, 5.74) is 1.12. The third-order valence-electron chi connectivity index (χ3n) is 2.47. The molecule has 0 saturated heterocycles. The summed E-state index contributed by atoms with van der Waals surface area (Å²) in [5.74, 6) is 0.0260. The van der Waals surface area contributed by atoms with Gasteiger partial charge in [0.1, 0.15) is 12.0 Å². The predicted octanol–water partition coefficient (Wildman–Crippen LogP) is 2.45. The van der Waals surface area contributed by atoms with E-state index in [1.165, 1.54) is 0 Å². The van der Waals surface area contributed by atoms with Crippen molar-refractivity contribution in [1.82, 2.24) is 0 Å². The van der Waals surface area contributed by atoms with Gasteiger partial charge in [0.05, 0.1) is 5.92 Å². The predicted molar refractivity (Wildman–Crippen MR) is 47.9 cm³/mol. The van der Waals surface area contributed by atoms with Gasteiger partial charge in [0.2, 0.25) is 0 Å². The number of aliphatic hydroxyl groups is 1. The van der Waals surface area contributed by atoms with Crippen LogP contribution in [0.3, 0.4) is 0 Å². The molecule has 12 heavy (non-hydrogen) atoms. The number of carbonyl (C=O) groups excluding carboxylic acids is 1. The van der Waals surface area contributed by atoms with E-state index in [-0.39, 0.29) is 11.3 Å². The van der Waals surface area contributed by atoms with Gasteiger partial charge in [-0.15, -0.1) is 0 Å². The molecule has 2 nitrogen and oxygen atoms in total. The molecule has 0 aromatic heterocycles. The van der Waals surface area contributed by atoms with Crippen LogP contribution in [-0.4, -0.2) is 11.4 Å². The lowest BCUT2D eigenvalue weighted by molar-refractivity contribution is -0.112. The average Bonchev–Trinajstić information content (AvgIpc) is 1.96. The van der Waals surface area contributed by atoms with Crippen LogP contribution in [0, 0.1) is 11.3 Å². The molecule has 1 aliphatic rings. The van der Waals surface area contributed by atoms with Crippen molar-refractivity contribution in [1.29, 1.82) is 0 Å². The molecule has 1 unspecified atom stereocenters. The highest BCUT2D eigenvalue weighted by atomic mass is 16.3. The minimum absolute atomic E-state index is 0.155. The van der Waals surface area contributed by atoms with E-state index in [0.29, 0.717) is 5.76 Å². The Bertz CT molecular complexity index is 226. The molecule has 0 aliphatic heterocycles. The average molecular weight is 168 g/mol. The number of rotatable bonds is 1. The summed E-state index contributed by atoms with van der Waals surface area (Å²) in [6, 6.07) is 0. The lowest BCUT2D eigenvalue weighted by atomic mass is 9.73. The first-order valence-electron chi connectivity index (χ1n) is 4.30. The van der Waals surface area contributed by atoms with E-state index in [9.17, 15) is 9.90 Å². The lowest BCUT2D eigenvalue weighted by Crippen LogP contribution is -2.25. The molecule has 1 aliphatic carbocycles. The fourth-order valence-electron chi connectivity index (χ4n) is 2.00. The van der Waals surface area contributed by atoms with E-state index < -0.39 is 0 Å². The zero-order chi connectivity index (χ0) is 9.35. The van der Waals surface area contributed by atoms with Gasteiger partial charge in [0.15, 0.2) is 0 Å². The minimum Gasteiger partial charge on any atom is -0.512 e. The molecule has 0 bridgehead atoms. The first-order valence-corrected chi connectivity index (χ1v) is 4.30. The zero-order valence-corrected chi connectivity index (χ0v) is 7.92. The SMILES string of the molecule is CC1=C(O)C(C=O)CC(C)(C)C1. The van der Waals surface area contributed by atoms with Crippen molar-refractivity contribution in [2.75, 3.05) is 0 Å². The van der Waals surface area contributed by atoms with E-state index in [1.807, 2.05) is 6.92 Å². The van der Waals surface area contributed by atoms with E-state index in [2.05, 4.69) is 13.8 Å². The van der Waals surface area contributed by atoms with Crippen molar-refractivity contribution >= 4 is 6.29 Å². The van der Waals surface area contributed by atoms with Crippen LogP contribution >= 0.6 is 0 Å². The lowest BCUT2D eigenvalue weighted by Gasteiger charge is -2.33. The molecule has 1 rings (SSSR count). The molecular weight excluding hydrogens is 152 g/mol. The molecule has 0 radical (unpaired) electrons. The van der Waals surface area contributed by atoms with Gasteiger partial charge >= 0.3 is 0 Å². The number of aliphatic hydroxyl groups excluding tert-OH is 1. The van der Waals surface area contributed by atoms with Crippen molar-refractivity contribution < 1.29 is 9.90 Å². The van der Waals surface area contributed by atoms with Gasteiger partial charge in [0, 0.05) is 0 Å². The third-order valence-corrected chi connectivity index (χ3v) is 2.47. The molecule has 2 heteroatoms. The summed E-state index contributed by atoms with van der Waals surface area (Å²) in [6.45, 7) is 6.14. The summed E-state index contributed by atoms with van der Waals surface area (Å²) in [4.78, 5) is 10.6. The van der Waals surface area contributed by atoms with Crippen molar-refractivity contribution in [2.24, 2.45) is 11.3 Å². The number of carbonyl (C=O) groups is 1. The molecule has 0 heterocycles. The Kier molecular flexibility index (Phi) is 2.27. The maximum Gasteiger partial charge on any atom is 0.130 e. The number of hydrogen-bond donors (Lipinski definition) is 1. The molecule has 68 valence electrons. The van der Waals surface area contributed by atoms with Crippen LogP contribution in [0.1, 0.15) is 33.6 Å². The Hall–Kier alpha value is -0.790. The first kappa shape index (κ1) is 9.30. The molecule has 0 aromatic rings. The van der Waals surface area contributed by atoms with Gasteiger partial charge in [-0.2, -0.15) is 0 Å². The van der Waals surface area contributed by atoms with Gasteiger partial charge in [-0.1, -0.05) is 13.8 Å². The second kappa shape index (κ2) is 2.92. The van der Waals surface area contributed by atoms with Crippen molar-refractivity contribution in [3.8, 4) is 0 Å². The van der Waals surface area contributed by atoms with E-state index in [0.717, 1.165) is 24.7 Å².